The van der Waals surface area contributed by atoms with Gasteiger partial charge in [0.1, 0.15) is 0 Å². The van der Waals surface area contributed by atoms with Gasteiger partial charge in [-0.3, -0.25) is 4.84 Å². The minimum atomic E-state index is 0.409. The molecular weight excluding hydrogens is 162 g/mol. The fourth-order valence-corrected chi connectivity index (χ4v) is 1.61. The van der Waals surface area contributed by atoms with Crippen molar-refractivity contribution in [2.75, 3.05) is 6.54 Å². The van der Waals surface area contributed by atoms with E-state index in [9.17, 15) is 0 Å². The fraction of sp³-hybridized carbons (Fsp3) is 1.00. The number of hydrogen-bond donors (Lipinski definition) is 1. The third-order valence-corrected chi connectivity index (χ3v) is 2.53. The average Bonchev–Trinajstić information content (AvgIpc) is 2.48. The molecule has 0 heterocycles. The summed E-state index contributed by atoms with van der Waals surface area (Å²) < 4.78 is 0. The predicted octanol–water partition coefficient (Wildman–Crippen LogP) is 2.89. The van der Waals surface area contributed by atoms with Crippen LogP contribution in [0.15, 0.2) is 0 Å². The first-order valence-electron chi connectivity index (χ1n) is 5.46. The van der Waals surface area contributed by atoms with Gasteiger partial charge in [-0.15, -0.1) is 0 Å². The molecule has 2 heteroatoms. The fourth-order valence-electron chi connectivity index (χ4n) is 1.61. The van der Waals surface area contributed by atoms with Gasteiger partial charge in [-0.25, -0.2) is 5.48 Å². The molecule has 1 fully saturated rings. The van der Waals surface area contributed by atoms with E-state index in [-0.39, 0.29) is 0 Å². The summed E-state index contributed by atoms with van der Waals surface area (Å²) in [5, 5.41) is 0. The minimum Gasteiger partial charge on any atom is -0.299 e. The zero-order chi connectivity index (χ0) is 9.73. The Morgan fingerprint density at radius 3 is 2.38 bits per heavy atom. The molecule has 0 aromatic heterocycles. The van der Waals surface area contributed by atoms with Crippen LogP contribution in [0.4, 0.5) is 0 Å². The second kappa shape index (κ2) is 4.97. The van der Waals surface area contributed by atoms with Crippen molar-refractivity contribution < 1.29 is 4.84 Å². The van der Waals surface area contributed by atoms with E-state index >= 15 is 0 Å². The first-order chi connectivity index (χ1) is 6.08. The van der Waals surface area contributed by atoms with Crippen LogP contribution < -0.4 is 5.48 Å². The summed E-state index contributed by atoms with van der Waals surface area (Å²) in [7, 11) is 0. The topological polar surface area (TPSA) is 21.3 Å². The Kier molecular flexibility index (Phi) is 4.20. The van der Waals surface area contributed by atoms with Gasteiger partial charge < -0.3 is 0 Å². The van der Waals surface area contributed by atoms with Crippen LogP contribution in [0.25, 0.3) is 0 Å². The summed E-state index contributed by atoms with van der Waals surface area (Å²) in [4.78, 5) is 5.55. The van der Waals surface area contributed by atoms with E-state index in [1.807, 2.05) is 0 Å². The van der Waals surface area contributed by atoms with Gasteiger partial charge in [0.25, 0.3) is 0 Å². The van der Waals surface area contributed by atoms with Crippen LogP contribution in [0.5, 0.6) is 0 Å². The molecule has 0 spiro atoms. The van der Waals surface area contributed by atoms with Crippen LogP contribution in [-0.2, 0) is 4.84 Å². The van der Waals surface area contributed by atoms with Crippen molar-refractivity contribution in [2.24, 2.45) is 5.41 Å². The van der Waals surface area contributed by atoms with Gasteiger partial charge in [0.05, 0.1) is 6.10 Å². The van der Waals surface area contributed by atoms with Gasteiger partial charge in [0.15, 0.2) is 0 Å². The highest BCUT2D eigenvalue weighted by Crippen LogP contribution is 2.20. The van der Waals surface area contributed by atoms with Crippen molar-refractivity contribution in [1.29, 1.82) is 0 Å². The lowest BCUT2D eigenvalue weighted by atomic mass is 9.93. The van der Waals surface area contributed by atoms with Crippen LogP contribution in [0.2, 0.25) is 0 Å². The molecule has 1 saturated carbocycles. The normalized spacial score (nSPS) is 19.6. The molecule has 0 aromatic carbocycles. The van der Waals surface area contributed by atoms with Crippen molar-refractivity contribution in [3.8, 4) is 0 Å². The number of hydrogen-bond acceptors (Lipinski definition) is 2. The van der Waals surface area contributed by atoms with Gasteiger partial charge in [0.2, 0.25) is 0 Å². The van der Waals surface area contributed by atoms with Crippen molar-refractivity contribution in [3.05, 3.63) is 0 Å². The molecule has 1 aliphatic carbocycles. The molecule has 0 unspecified atom stereocenters. The maximum atomic E-state index is 5.55. The lowest BCUT2D eigenvalue weighted by Gasteiger charge is -2.19. The van der Waals surface area contributed by atoms with Crippen molar-refractivity contribution >= 4 is 0 Å². The summed E-state index contributed by atoms with van der Waals surface area (Å²) in [5.41, 5.74) is 3.49. The largest absolute Gasteiger partial charge is 0.299 e. The van der Waals surface area contributed by atoms with E-state index in [4.69, 9.17) is 4.84 Å². The Hall–Kier alpha value is -0.0800. The standard InChI is InChI=1S/C11H23NO/c1-11(2,3)8-9-12-13-10-6-4-5-7-10/h10,12H,4-9H2,1-3H3. The molecule has 78 valence electrons. The number of rotatable bonds is 4. The summed E-state index contributed by atoms with van der Waals surface area (Å²) in [6.45, 7) is 7.73. The molecule has 0 bridgehead atoms. The zero-order valence-electron chi connectivity index (χ0n) is 9.23. The molecule has 1 rings (SSSR count). The third kappa shape index (κ3) is 5.27. The second-order valence-electron chi connectivity index (χ2n) is 5.23. The van der Waals surface area contributed by atoms with Crippen LogP contribution >= 0.6 is 0 Å². The van der Waals surface area contributed by atoms with Crippen LogP contribution in [0.1, 0.15) is 52.9 Å². The number of nitrogens with one attached hydrogen (secondary N) is 1. The molecular formula is C11H23NO. The van der Waals surface area contributed by atoms with E-state index < -0.39 is 0 Å². The number of hydroxylamine groups is 1. The smallest absolute Gasteiger partial charge is 0.0790 e. The highest BCUT2D eigenvalue weighted by Gasteiger charge is 2.15. The Bertz CT molecular complexity index is 134. The van der Waals surface area contributed by atoms with E-state index in [1.165, 1.54) is 32.1 Å². The first kappa shape index (κ1) is 11.0. The maximum Gasteiger partial charge on any atom is 0.0790 e. The predicted molar refractivity (Wildman–Crippen MR) is 55.4 cm³/mol. The lowest BCUT2D eigenvalue weighted by Crippen LogP contribution is -2.25. The Balaban J connectivity index is 1.94. The quantitative estimate of drug-likeness (QED) is 0.537. The van der Waals surface area contributed by atoms with E-state index in [0.717, 1.165) is 6.54 Å². The van der Waals surface area contributed by atoms with E-state index in [0.29, 0.717) is 11.5 Å². The Morgan fingerprint density at radius 2 is 1.85 bits per heavy atom. The molecule has 1 N–H and O–H groups in total. The Morgan fingerprint density at radius 1 is 1.23 bits per heavy atom. The summed E-state index contributed by atoms with van der Waals surface area (Å²) in [6, 6.07) is 0. The summed E-state index contributed by atoms with van der Waals surface area (Å²) in [6.07, 6.45) is 6.81. The van der Waals surface area contributed by atoms with Gasteiger partial charge >= 0.3 is 0 Å². The van der Waals surface area contributed by atoms with Crippen molar-refractivity contribution in [3.63, 3.8) is 0 Å². The van der Waals surface area contributed by atoms with Gasteiger partial charge in [0, 0.05) is 6.54 Å². The highest BCUT2D eigenvalue weighted by molar-refractivity contribution is 4.66. The Labute approximate surface area is 82.0 Å². The van der Waals surface area contributed by atoms with Crippen LogP contribution in [-0.4, -0.2) is 12.6 Å². The van der Waals surface area contributed by atoms with Crippen molar-refractivity contribution in [2.45, 2.75) is 59.0 Å². The minimum absolute atomic E-state index is 0.409. The average molecular weight is 185 g/mol. The van der Waals surface area contributed by atoms with Crippen LogP contribution in [0, 0.1) is 5.41 Å². The van der Waals surface area contributed by atoms with Gasteiger partial charge in [-0.2, -0.15) is 0 Å². The third-order valence-electron chi connectivity index (χ3n) is 2.53. The molecule has 2 nitrogen and oxygen atoms in total. The molecule has 0 amide bonds. The van der Waals surface area contributed by atoms with E-state index in [1.54, 1.807) is 0 Å². The summed E-state index contributed by atoms with van der Waals surface area (Å²) >= 11 is 0. The molecule has 0 saturated heterocycles. The second-order valence-corrected chi connectivity index (χ2v) is 5.23. The molecule has 0 aromatic rings. The lowest BCUT2D eigenvalue weighted by molar-refractivity contribution is -0.0239. The summed E-state index contributed by atoms with van der Waals surface area (Å²) in [5.74, 6) is 0. The maximum absolute atomic E-state index is 5.55. The molecule has 13 heavy (non-hydrogen) atoms. The molecule has 0 atom stereocenters. The molecule has 0 radical (unpaired) electrons. The monoisotopic (exact) mass is 185 g/mol. The van der Waals surface area contributed by atoms with Crippen LogP contribution in [0.3, 0.4) is 0 Å². The first-order valence-corrected chi connectivity index (χ1v) is 5.46. The molecule has 0 aliphatic heterocycles. The van der Waals surface area contributed by atoms with E-state index in [2.05, 4.69) is 26.3 Å². The highest BCUT2D eigenvalue weighted by atomic mass is 16.7. The molecule has 1 aliphatic rings. The van der Waals surface area contributed by atoms with Gasteiger partial charge in [-0.1, -0.05) is 33.6 Å². The van der Waals surface area contributed by atoms with Gasteiger partial charge in [-0.05, 0) is 24.7 Å². The van der Waals surface area contributed by atoms with Crippen molar-refractivity contribution in [1.82, 2.24) is 5.48 Å². The zero-order valence-corrected chi connectivity index (χ0v) is 9.23. The SMILES string of the molecule is CC(C)(C)CCNOC1CCCC1.